The summed E-state index contributed by atoms with van der Waals surface area (Å²) in [5.74, 6) is -0.564. The maximum Gasteiger partial charge on any atom is 0.244 e. The van der Waals surface area contributed by atoms with Gasteiger partial charge in [-0.25, -0.2) is 8.42 Å². The smallest absolute Gasteiger partial charge is 0.244 e. The Kier molecular flexibility index (Phi) is 10.8. The van der Waals surface area contributed by atoms with E-state index in [1.807, 2.05) is 75.4 Å². The lowest BCUT2D eigenvalue weighted by Crippen LogP contribution is -2.53. The first kappa shape index (κ1) is 31.2. The number of carbonyl (C=O) groups is 2. The molecule has 0 fully saturated rings. The van der Waals surface area contributed by atoms with Crippen LogP contribution in [0.4, 0.5) is 5.69 Å². The first-order valence-electron chi connectivity index (χ1n) is 13.3. The number of amides is 2. The lowest BCUT2D eigenvalue weighted by Gasteiger charge is -2.34. The number of carbonyl (C=O) groups excluding carboxylic acids is 2. The minimum absolute atomic E-state index is 0.143. The van der Waals surface area contributed by atoms with E-state index in [0.717, 1.165) is 27.3 Å². The monoisotopic (exact) mass is 583 g/mol. The van der Waals surface area contributed by atoms with Crippen LogP contribution in [0, 0.1) is 19.8 Å². The molecule has 0 unspecified atom stereocenters. The quantitative estimate of drug-likeness (QED) is 0.320. The third kappa shape index (κ3) is 8.57. The van der Waals surface area contributed by atoms with E-state index >= 15 is 0 Å². The second kappa shape index (κ2) is 13.8. The van der Waals surface area contributed by atoms with Crippen molar-refractivity contribution in [2.24, 2.45) is 5.92 Å². The van der Waals surface area contributed by atoms with E-state index in [1.165, 1.54) is 11.0 Å². The molecule has 0 aromatic heterocycles. The van der Waals surface area contributed by atoms with Crippen LogP contribution in [0.2, 0.25) is 5.02 Å². The third-order valence-electron chi connectivity index (χ3n) is 6.68. The molecule has 0 saturated heterocycles. The molecule has 3 aromatic carbocycles. The van der Waals surface area contributed by atoms with Gasteiger partial charge in [0.2, 0.25) is 21.8 Å². The maximum absolute atomic E-state index is 14.2. The molecule has 1 atom stereocenters. The van der Waals surface area contributed by atoms with Gasteiger partial charge in [-0.3, -0.25) is 13.9 Å². The molecule has 0 spiro atoms. The van der Waals surface area contributed by atoms with Crippen LogP contribution < -0.4 is 9.62 Å². The normalized spacial score (nSPS) is 12.2. The molecule has 40 heavy (non-hydrogen) atoms. The van der Waals surface area contributed by atoms with E-state index in [9.17, 15) is 18.0 Å². The molecular weight excluding hydrogens is 546 g/mol. The Bertz CT molecular complexity index is 1430. The Morgan fingerprint density at radius 3 is 2.20 bits per heavy atom. The Balaban J connectivity index is 2.08. The number of nitrogens with zero attached hydrogens (tertiary/aromatic N) is 2. The van der Waals surface area contributed by atoms with Crippen LogP contribution in [0.5, 0.6) is 0 Å². The highest BCUT2D eigenvalue weighted by molar-refractivity contribution is 7.92. The second-order valence-corrected chi connectivity index (χ2v) is 12.8. The van der Waals surface area contributed by atoms with E-state index in [1.54, 1.807) is 19.1 Å². The van der Waals surface area contributed by atoms with E-state index in [2.05, 4.69) is 5.32 Å². The van der Waals surface area contributed by atoms with Crippen LogP contribution in [-0.4, -0.2) is 50.5 Å². The molecule has 1 N–H and O–H groups in total. The molecule has 0 aliphatic rings. The first-order valence-corrected chi connectivity index (χ1v) is 15.5. The largest absolute Gasteiger partial charge is 0.354 e. The van der Waals surface area contributed by atoms with E-state index in [-0.39, 0.29) is 24.8 Å². The summed E-state index contributed by atoms with van der Waals surface area (Å²) in [6.07, 6.45) is 1.33. The molecule has 9 heteroatoms. The average molecular weight is 584 g/mol. The van der Waals surface area contributed by atoms with Crippen molar-refractivity contribution in [1.29, 1.82) is 0 Å². The molecule has 214 valence electrons. The topological polar surface area (TPSA) is 86.8 Å². The summed E-state index contributed by atoms with van der Waals surface area (Å²) in [5, 5.41) is 3.34. The van der Waals surface area contributed by atoms with Crippen LogP contribution in [-0.2, 0) is 32.6 Å². The highest BCUT2D eigenvalue weighted by Gasteiger charge is 2.33. The van der Waals surface area contributed by atoms with Crippen LogP contribution in [0.1, 0.15) is 36.1 Å². The zero-order valence-electron chi connectivity index (χ0n) is 23.7. The highest BCUT2D eigenvalue weighted by atomic mass is 35.5. The van der Waals surface area contributed by atoms with Gasteiger partial charge in [0.05, 0.1) is 11.9 Å². The molecule has 0 aliphatic carbocycles. The minimum Gasteiger partial charge on any atom is -0.354 e. The van der Waals surface area contributed by atoms with Crippen molar-refractivity contribution in [3.05, 3.63) is 100 Å². The van der Waals surface area contributed by atoms with Gasteiger partial charge in [0.1, 0.15) is 12.6 Å². The van der Waals surface area contributed by atoms with Crippen LogP contribution >= 0.6 is 11.6 Å². The number of anilines is 1. The lowest BCUT2D eigenvalue weighted by atomic mass is 10.0. The van der Waals surface area contributed by atoms with Gasteiger partial charge in [0.25, 0.3) is 0 Å². The fraction of sp³-hybridized carbons (Fsp3) is 0.355. The van der Waals surface area contributed by atoms with Crippen LogP contribution in [0.25, 0.3) is 0 Å². The number of hydrogen-bond donors (Lipinski definition) is 1. The second-order valence-electron chi connectivity index (χ2n) is 10.5. The highest BCUT2D eigenvalue weighted by Crippen LogP contribution is 2.27. The van der Waals surface area contributed by atoms with Crippen molar-refractivity contribution < 1.29 is 18.0 Å². The Hall–Kier alpha value is -3.36. The summed E-state index contributed by atoms with van der Waals surface area (Å²) in [6.45, 7) is 7.82. The molecule has 2 amide bonds. The van der Waals surface area contributed by atoms with Crippen molar-refractivity contribution in [2.45, 2.75) is 46.7 Å². The van der Waals surface area contributed by atoms with Gasteiger partial charge >= 0.3 is 0 Å². The SMILES string of the molecule is Cc1ccccc1CN(C(=O)CN(c1cc(Cl)ccc1C)S(C)(=O)=O)[C@H](Cc1ccccc1)C(=O)NCC(C)C. The van der Waals surface area contributed by atoms with Gasteiger partial charge in [-0.15, -0.1) is 0 Å². The number of rotatable bonds is 12. The summed E-state index contributed by atoms with van der Waals surface area (Å²) >= 11 is 6.21. The summed E-state index contributed by atoms with van der Waals surface area (Å²) < 4.78 is 27.0. The molecule has 0 bridgehead atoms. The van der Waals surface area contributed by atoms with Gasteiger partial charge in [-0.05, 0) is 54.2 Å². The zero-order valence-corrected chi connectivity index (χ0v) is 25.3. The zero-order chi connectivity index (χ0) is 29.4. The molecule has 0 saturated carbocycles. The van der Waals surface area contributed by atoms with E-state index in [4.69, 9.17) is 11.6 Å². The van der Waals surface area contributed by atoms with Gasteiger partial charge in [-0.1, -0.05) is 86.1 Å². The molecule has 0 aliphatic heterocycles. The average Bonchev–Trinajstić information content (AvgIpc) is 2.90. The van der Waals surface area contributed by atoms with E-state index < -0.39 is 28.5 Å². The van der Waals surface area contributed by atoms with Gasteiger partial charge < -0.3 is 10.2 Å². The number of halogens is 1. The Morgan fingerprint density at radius 2 is 1.57 bits per heavy atom. The van der Waals surface area contributed by atoms with Crippen LogP contribution in [0.3, 0.4) is 0 Å². The molecule has 0 heterocycles. The molecular formula is C31H38ClN3O4S. The van der Waals surface area contributed by atoms with Crippen molar-refractivity contribution in [3.8, 4) is 0 Å². The first-order chi connectivity index (χ1) is 18.9. The summed E-state index contributed by atoms with van der Waals surface area (Å²) in [4.78, 5) is 29.3. The Morgan fingerprint density at radius 1 is 0.925 bits per heavy atom. The fourth-order valence-electron chi connectivity index (χ4n) is 4.39. The number of hydrogen-bond acceptors (Lipinski definition) is 4. The van der Waals surface area contributed by atoms with E-state index in [0.29, 0.717) is 22.8 Å². The van der Waals surface area contributed by atoms with Crippen LogP contribution in [0.15, 0.2) is 72.8 Å². The lowest BCUT2D eigenvalue weighted by molar-refractivity contribution is -0.140. The van der Waals surface area contributed by atoms with Crippen molar-refractivity contribution in [1.82, 2.24) is 10.2 Å². The standard InChI is InChI=1S/C31H38ClN3O4S/c1-22(2)19-33-31(37)29(17-25-12-7-6-8-13-25)34(20-26-14-10-9-11-23(26)3)30(36)21-35(40(5,38)39)28-18-27(32)16-15-24(28)4/h6-16,18,22,29H,17,19-21H2,1-5H3,(H,33,37)/t29-/m1/s1. The summed E-state index contributed by atoms with van der Waals surface area (Å²) in [7, 11) is -3.87. The molecule has 3 rings (SSSR count). The minimum atomic E-state index is -3.87. The van der Waals surface area contributed by atoms with Crippen molar-refractivity contribution in [2.75, 3.05) is 23.7 Å². The summed E-state index contributed by atoms with van der Waals surface area (Å²) in [5.41, 5.74) is 3.70. The predicted octanol–water partition coefficient (Wildman–Crippen LogP) is 5.14. The number of benzene rings is 3. The summed E-state index contributed by atoms with van der Waals surface area (Å²) in [6, 6.07) is 21.2. The van der Waals surface area contributed by atoms with Gasteiger partial charge in [-0.2, -0.15) is 0 Å². The fourth-order valence-corrected chi connectivity index (χ4v) is 5.46. The maximum atomic E-state index is 14.2. The molecule has 3 aromatic rings. The number of aryl methyl sites for hydroxylation is 2. The Labute approximate surface area is 243 Å². The number of sulfonamides is 1. The predicted molar refractivity (Wildman–Crippen MR) is 162 cm³/mol. The number of nitrogens with one attached hydrogen (secondary N) is 1. The van der Waals surface area contributed by atoms with Gasteiger partial charge in [0, 0.05) is 24.5 Å². The third-order valence-corrected chi connectivity index (χ3v) is 8.04. The van der Waals surface area contributed by atoms with Gasteiger partial charge in [0.15, 0.2) is 0 Å². The molecule has 0 radical (unpaired) electrons. The van der Waals surface area contributed by atoms with Crippen molar-refractivity contribution >= 4 is 39.1 Å². The van der Waals surface area contributed by atoms with Crippen molar-refractivity contribution in [3.63, 3.8) is 0 Å². The molecule has 7 nitrogen and oxygen atoms in total.